The van der Waals surface area contributed by atoms with Crippen molar-refractivity contribution in [1.29, 1.82) is 0 Å². The molecular formula is C34H36ClN9O3. The number of rotatable bonds is 7. The molecule has 242 valence electrons. The van der Waals surface area contributed by atoms with E-state index in [0.717, 1.165) is 59.2 Å². The first-order valence-corrected chi connectivity index (χ1v) is 16.6. The lowest BCUT2D eigenvalue weighted by Gasteiger charge is -2.41. The summed E-state index contributed by atoms with van der Waals surface area (Å²) in [5, 5.41) is 15.6. The second-order valence-corrected chi connectivity index (χ2v) is 13.5. The molecule has 4 aromatic rings. The van der Waals surface area contributed by atoms with Crippen molar-refractivity contribution in [1.82, 2.24) is 30.4 Å². The maximum atomic E-state index is 12.6. The average molecular weight is 654 g/mol. The van der Waals surface area contributed by atoms with Crippen molar-refractivity contribution in [3.63, 3.8) is 0 Å². The summed E-state index contributed by atoms with van der Waals surface area (Å²) in [5.74, 6) is 0.392. The Kier molecular flexibility index (Phi) is 7.36. The standard InChI is InChI=1S/C34H36ClN9O3/c1-42-27-9-3-19(11-18(27)12-31(42)46)38-33-26(35)16-37-29(39-33)17-36-20-13-21-4-5-22(14-20)44(21)23-6-7-24-28(15-23)43(2)41-32(24)25-8-10-30(45)40-34(25)47/h3,6-7,9,11,15-16,20-22,25,36H,4-5,8,10,12-14,17H2,1-2H3,(H,37,38,39)(H,40,45,47). The van der Waals surface area contributed by atoms with E-state index in [9.17, 15) is 14.4 Å². The first kappa shape index (κ1) is 29.8. The number of aryl methyl sites for hydroxylation is 1. The van der Waals surface area contributed by atoms with Crippen molar-refractivity contribution in [2.24, 2.45) is 7.05 Å². The summed E-state index contributed by atoms with van der Waals surface area (Å²) in [5.41, 5.74) is 5.65. The van der Waals surface area contributed by atoms with Gasteiger partial charge in [0, 0.05) is 61.1 Å². The van der Waals surface area contributed by atoms with Crippen molar-refractivity contribution in [2.45, 2.75) is 75.5 Å². The maximum absolute atomic E-state index is 12.6. The summed E-state index contributed by atoms with van der Waals surface area (Å²) in [6.07, 6.45) is 7.15. The van der Waals surface area contributed by atoms with Gasteiger partial charge in [0.05, 0.1) is 36.3 Å². The minimum absolute atomic E-state index is 0.0833. The summed E-state index contributed by atoms with van der Waals surface area (Å²) >= 11 is 6.47. The highest BCUT2D eigenvalue weighted by molar-refractivity contribution is 6.32. The number of carbonyl (C=O) groups is 3. The number of nitrogens with zero attached hydrogens (tertiary/aromatic N) is 6. The molecule has 6 heterocycles. The minimum Gasteiger partial charge on any atom is -0.365 e. The van der Waals surface area contributed by atoms with Gasteiger partial charge in [0.15, 0.2) is 5.82 Å². The molecule has 4 aliphatic heterocycles. The predicted molar refractivity (Wildman–Crippen MR) is 179 cm³/mol. The molecule has 2 aromatic heterocycles. The Balaban J connectivity index is 0.929. The second-order valence-electron chi connectivity index (χ2n) is 13.1. The quantitative estimate of drug-likeness (QED) is 0.252. The number of likely N-dealkylation sites (N-methyl/N-ethyl adjacent to an activating group) is 1. The van der Waals surface area contributed by atoms with Gasteiger partial charge in [0.2, 0.25) is 17.7 Å². The molecule has 0 saturated carbocycles. The zero-order valence-electron chi connectivity index (χ0n) is 26.3. The fourth-order valence-electron chi connectivity index (χ4n) is 7.91. The maximum Gasteiger partial charge on any atom is 0.235 e. The molecule has 2 aromatic carbocycles. The molecule has 3 atom stereocenters. The van der Waals surface area contributed by atoms with Crippen LogP contribution in [0.3, 0.4) is 0 Å². The van der Waals surface area contributed by atoms with Crippen molar-refractivity contribution < 1.29 is 14.4 Å². The summed E-state index contributed by atoms with van der Waals surface area (Å²) in [6.45, 7) is 0.531. The van der Waals surface area contributed by atoms with Crippen LogP contribution in [0.5, 0.6) is 0 Å². The van der Waals surface area contributed by atoms with Crippen LogP contribution in [0.4, 0.5) is 22.9 Å². The van der Waals surface area contributed by atoms with Crippen LogP contribution in [-0.4, -0.2) is 62.6 Å². The van der Waals surface area contributed by atoms with Crippen LogP contribution in [0.1, 0.15) is 61.5 Å². The Labute approximate surface area is 276 Å². The number of benzene rings is 2. The number of carbonyl (C=O) groups excluding carboxylic acids is 3. The number of hydrogen-bond donors (Lipinski definition) is 3. The SMILES string of the molecule is CN1C(=O)Cc2cc(Nc3nc(CNC4CC5CCC(C4)N5c4ccc5c(C6CCC(=O)NC6=O)nn(C)c5c4)ncc3Cl)ccc21. The molecule has 2 bridgehead atoms. The number of fused-ring (bicyclic) bond motifs is 4. The molecule has 8 rings (SSSR count). The number of hydrogen-bond acceptors (Lipinski definition) is 9. The van der Waals surface area contributed by atoms with Crippen molar-refractivity contribution >= 4 is 63.1 Å². The number of halogens is 1. The van der Waals surface area contributed by atoms with Crippen molar-refractivity contribution in [3.05, 3.63) is 64.7 Å². The Morgan fingerprint density at radius 1 is 1.02 bits per heavy atom. The predicted octanol–water partition coefficient (Wildman–Crippen LogP) is 4.09. The number of nitrogens with one attached hydrogen (secondary N) is 3. The molecule has 13 heteroatoms. The van der Waals surface area contributed by atoms with E-state index in [1.165, 1.54) is 5.69 Å². The fraction of sp³-hybridized carbons (Fsp3) is 0.412. The zero-order chi connectivity index (χ0) is 32.4. The average Bonchev–Trinajstić information content (AvgIpc) is 3.63. The Hall–Kier alpha value is -4.55. The van der Waals surface area contributed by atoms with Crippen LogP contribution in [0.15, 0.2) is 42.6 Å². The van der Waals surface area contributed by atoms with Crippen LogP contribution < -0.4 is 25.8 Å². The number of amides is 3. The van der Waals surface area contributed by atoms with Crippen LogP contribution in [0.2, 0.25) is 5.02 Å². The van der Waals surface area contributed by atoms with E-state index in [-0.39, 0.29) is 17.7 Å². The fourth-order valence-corrected chi connectivity index (χ4v) is 8.05. The number of aromatic nitrogens is 4. The highest BCUT2D eigenvalue weighted by atomic mass is 35.5. The van der Waals surface area contributed by atoms with Gasteiger partial charge in [0.1, 0.15) is 10.8 Å². The monoisotopic (exact) mass is 653 g/mol. The third-order valence-corrected chi connectivity index (χ3v) is 10.5. The lowest BCUT2D eigenvalue weighted by molar-refractivity contribution is -0.134. The summed E-state index contributed by atoms with van der Waals surface area (Å²) < 4.78 is 1.85. The van der Waals surface area contributed by atoms with Crippen LogP contribution in [0, 0.1) is 0 Å². The second kappa shape index (κ2) is 11.6. The van der Waals surface area contributed by atoms with E-state index in [2.05, 4.69) is 44.0 Å². The van der Waals surface area contributed by atoms with Gasteiger partial charge in [-0.3, -0.25) is 24.4 Å². The smallest absolute Gasteiger partial charge is 0.235 e. The van der Waals surface area contributed by atoms with Crippen LogP contribution in [0.25, 0.3) is 10.9 Å². The van der Waals surface area contributed by atoms with E-state index in [1.54, 1.807) is 18.1 Å². The van der Waals surface area contributed by atoms with Gasteiger partial charge in [-0.15, -0.1) is 0 Å². The highest BCUT2D eigenvalue weighted by Crippen LogP contribution is 2.41. The van der Waals surface area contributed by atoms with E-state index < -0.39 is 5.92 Å². The Morgan fingerprint density at radius 3 is 2.62 bits per heavy atom. The van der Waals surface area contributed by atoms with Crippen LogP contribution >= 0.6 is 11.6 Å². The number of piperidine rings is 2. The molecule has 3 N–H and O–H groups in total. The molecule has 0 spiro atoms. The van der Waals surface area contributed by atoms with Crippen molar-refractivity contribution in [3.8, 4) is 0 Å². The van der Waals surface area contributed by atoms with Gasteiger partial charge in [0.25, 0.3) is 0 Å². The molecular weight excluding hydrogens is 618 g/mol. The Morgan fingerprint density at radius 2 is 1.83 bits per heavy atom. The van der Waals surface area contributed by atoms with Gasteiger partial charge in [-0.25, -0.2) is 9.97 Å². The third kappa shape index (κ3) is 5.39. The zero-order valence-corrected chi connectivity index (χ0v) is 27.0. The molecule has 3 fully saturated rings. The first-order chi connectivity index (χ1) is 22.7. The first-order valence-electron chi connectivity index (χ1n) is 16.2. The highest BCUT2D eigenvalue weighted by Gasteiger charge is 2.41. The molecule has 3 saturated heterocycles. The Bertz CT molecular complexity index is 1930. The molecule has 3 amide bonds. The largest absolute Gasteiger partial charge is 0.365 e. The minimum atomic E-state index is -0.412. The summed E-state index contributed by atoms with van der Waals surface area (Å²) in [4.78, 5) is 49.8. The van der Waals surface area contributed by atoms with E-state index in [0.29, 0.717) is 60.6 Å². The lowest BCUT2D eigenvalue weighted by atomic mass is 9.92. The molecule has 4 aliphatic rings. The van der Waals surface area contributed by atoms with Gasteiger partial charge in [-0.1, -0.05) is 11.6 Å². The third-order valence-electron chi connectivity index (χ3n) is 10.2. The van der Waals surface area contributed by atoms with E-state index in [1.807, 2.05) is 29.9 Å². The molecule has 3 unspecified atom stereocenters. The molecule has 47 heavy (non-hydrogen) atoms. The summed E-state index contributed by atoms with van der Waals surface area (Å²) in [7, 11) is 3.71. The van der Waals surface area contributed by atoms with Gasteiger partial charge >= 0.3 is 0 Å². The van der Waals surface area contributed by atoms with Crippen LogP contribution in [-0.2, 0) is 34.4 Å². The van der Waals surface area contributed by atoms with Crippen molar-refractivity contribution in [2.75, 3.05) is 22.2 Å². The van der Waals surface area contributed by atoms with Gasteiger partial charge in [-0.05, 0) is 74.1 Å². The number of imide groups is 1. The number of anilines is 4. The van der Waals surface area contributed by atoms with E-state index in [4.69, 9.17) is 21.7 Å². The van der Waals surface area contributed by atoms with Gasteiger partial charge < -0.3 is 20.4 Å². The normalized spacial score (nSPS) is 23.9. The molecule has 0 radical (unpaired) electrons. The van der Waals surface area contributed by atoms with Gasteiger partial charge in [-0.2, -0.15) is 5.10 Å². The molecule has 0 aliphatic carbocycles. The summed E-state index contributed by atoms with van der Waals surface area (Å²) in [6, 6.07) is 13.5. The molecule has 12 nitrogen and oxygen atoms in total. The van der Waals surface area contributed by atoms with E-state index >= 15 is 0 Å². The lowest BCUT2D eigenvalue weighted by Crippen LogP contribution is -2.49. The topological polar surface area (TPSA) is 137 Å².